The second kappa shape index (κ2) is 6.20. The number of aryl methyl sites for hydroxylation is 2. The van der Waals surface area contributed by atoms with Crippen molar-refractivity contribution in [2.45, 2.75) is 46.0 Å². The molecule has 1 saturated heterocycles. The van der Waals surface area contributed by atoms with Gasteiger partial charge in [0.1, 0.15) is 0 Å². The van der Waals surface area contributed by atoms with Crippen molar-refractivity contribution in [3.8, 4) is 0 Å². The van der Waals surface area contributed by atoms with E-state index in [2.05, 4.69) is 5.32 Å². The number of likely N-dealkylation sites (N-methyl/N-ethyl adjacent to an activating group) is 1. The summed E-state index contributed by atoms with van der Waals surface area (Å²) in [6.07, 6.45) is 1.91. The second-order valence-corrected chi connectivity index (χ2v) is 5.07. The molecule has 104 valence electrons. The first kappa shape index (κ1) is 8.75. The largest absolute Gasteiger partial charge is 0.324 e. The summed E-state index contributed by atoms with van der Waals surface area (Å²) >= 11 is 0. The van der Waals surface area contributed by atoms with Crippen LogP contribution < -0.4 is 5.32 Å². The Labute approximate surface area is 123 Å². The van der Waals surface area contributed by atoms with Crippen LogP contribution in [0.15, 0.2) is 18.2 Å². The normalized spacial score (nSPS) is 25.6. The van der Waals surface area contributed by atoms with Gasteiger partial charge in [-0.1, -0.05) is 31.5 Å². The molecule has 0 unspecified atom stereocenters. The lowest BCUT2D eigenvalue weighted by molar-refractivity contribution is -0.122. The fourth-order valence-corrected chi connectivity index (χ4v) is 2.56. The molecule has 0 aromatic heterocycles. The van der Waals surface area contributed by atoms with E-state index < -0.39 is 19.4 Å². The minimum atomic E-state index is -2.80. The zero-order valence-electron chi connectivity index (χ0n) is 16.5. The first-order valence-corrected chi connectivity index (χ1v) is 6.69. The van der Waals surface area contributed by atoms with E-state index in [0.717, 1.165) is 17.5 Å². The molecule has 1 fully saturated rings. The predicted molar refractivity (Wildman–Crippen MR) is 79.4 cm³/mol. The first-order chi connectivity index (χ1) is 11.1. The quantitative estimate of drug-likeness (QED) is 0.910. The molecule has 0 bridgehead atoms. The number of amides is 1. The second-order valence-electron chi connectivity index (χ2n) is 5.07. The highest BCUT2D eigenvalue weighted by Gasteiger charge is 2.27. The van der Waals surface area contributed by atoms with Gasteiger partial charge in [0, 0.05) is 12.5 Å². The molecule has 1 N–H and O–H groups in total. The van der Waals surface area contributed by atoms with E-state index in [9.17, 15) is 4.79 Å². The van der Waals surface area contributed by atoms with Crippen LogP contribution in [-0.2, 0) is 4.79 Å². The molecule has 1 heterocycles. The summed E-state index contributed by atoms with van der Waals surface area (Å²) in [4.78, 5) is 14.0. The summed E-state index contributed by atoms with van der Waals surface area (Å²) in [5.41, 5.74) is 2.55. The van der Waals surface area contributed by atoms with Gasteiger partial charge >= 0.3 is 0 Å². The summed E-state index contributed by atoms with van der Waals surface area (Å²) in [6.45, 7) is -1.29. The molecule has 0 aliphatic carbocycles. The van der Waals surface area contributed by atoms with Gasteiger partial charge in [0.05, 0.1) is 6.04 Å². The van der Waals surface area contributed by atoms with Gasteiger partial charge in [-0.05, 0) is 50.9 Å². The van der Waals surface area contributed by atoms with E-state index in [1.807, 2.05) is 32.0 Å². The lowest BCUT2D eigenvalue weighted by Crippen LogP contribution is -2.47. The molecule has 1 amide bonds. The number of rotatable bonds is 3. The molecule has 0 radical (unpaired) electrons. The maximum atomic E-state index is 12.8. The third kappa shape index (κ3) is 3.16. The van der Waals surface area contributed by atoms with Gasteiger partial charge in [-0.15, -0.1) is 0 Å². The number of nitrogens with zero attached hydrogens (tertiary/aromatic N) is 1. The Kier molecular flexibility index (Phi) is 2.85. The van der Waals surface area contributed by atoms with Crippen LogP contribution in [0, 0.1) is 13.8 Å². The van der Waals surface area contributed by atoms with Crippen LogP contribution in [0.1, 0.15) is 44.1 Å². The zero-order chi connectivity index (χ0) is 18.1. The third-order valence-electron chi connectivity index (χ3n) is 3.68. The summed E-state index contributed by atoms with van der Waals surface area (Å²) in [5.74, 6) is -0.347. The van der Waals surface area contributed by atoms with Gasteiger partial charge in [0.25, 0.3) is 0 Å². The number of hydrogen-bond donors (Lipinski definition) is 1. The lowest BCUT2D eigenvalue weighted by Gasteiger charge is -2.33. The number of carbonyl (C=O) groups is 1. The fraction of sp³-hybridized carbons (Fsp3) is 0.562. The minimum Gasteiger partial charge on any atom is -0.324 e. The number of anilines is 1. The summed E-state index contributed by atoms with van der Waals surface area (Å²) < 4.78 is 38.4. The van der Waals surface area contributed by atoms with Crippen molar-refractivity contribution >= 4 is 11.6 Å². The van der Waals surface area contributed by atoms with Crippen molar-refractivity contribution in [1.29, 1.82) is 0 Å². The van der Waals surface area contributed by atoms with E-state index in [1.54, 1.807) is 0 Å². The molecule has 3 nitrogen and oxygen atoms in total. The standard InChI is InChI=1S/C16H24N2O/c1-4-18-11-6-5-10-14(18)16(19)17-15-12(2)8-7-9-13(15)3/h7-9,14H,4-6,10-11H2,1-3H3,(H,17,19)/t14-/m0/s1/i1D3,4D2. The van der Waals surface area contributed by atoms with Crippen LogP contribution in [0.3, 0.4) is 0 Å². The number of benzene rings is 1. The summed E-state index contributed by atoms with van der Waals surface area (Å²) in [6, 6.07) is 4.90. The maximum Gasteiger partial charge on any atom is 0.241 e. The van der Waals surface area contributed by atoms with E-state index in [0.29, 0.717) is 18.5 Å². The molecular formula is C16H24N2O. The average molecular weight is 265 g/mol. The van der Waals surface area contributed by atoms with Crippen LogP contribution in [-0.4, -0.2) is 29.9 Å². The van der Waals surface area contributed by atoms with E-state index in [1.165, 1.54) is 4.90 Å². The Morgan fingerprint density at radius 1 is 1.47 bits per heavy atom. The zero-order valence-corrected chi connectivity index (χ0v) is 11.5. The molecule has 1 aromatic carbocycles. The van der Waals surface area contributed by atoms with Crippen LogP contribution in [0.2, 0.25) is 0 Å². The maximum absolute atomic E-state index is 12.8. The molecule has 3 heteroatoms. The highest BCUT2D eigenvalue weighted by Crippen LogP contribution is 2.22. The monoisotopic (exact) mass is 265 g/mol. The van der Waals surface area contributed by atoms with Gasteiger partial charge < -0.3 is 5.32 Å². The van der Waals surface area contributed by atoms with E-state index in [4.69, 9.17) is 6.85 Å². The molecule has 1 aliphatic heterocycles. The predicted octanol–water partition coefficient (Wildman–Crippen LogP) is 3.12. The molecule has 1 aromatic rings. The third-order valence-corrected chi connectivity index (χ3v) is 3.68. The highest BCUT2D eigenvalue weighted by atomic mass is 16.2. The van der Waals surface area contributed by atoms with E-state index in [-0.39, 0.29) is 12.5 Å². The molecule has 2 rings (SSSR count). The van der Waals surface area contributed by atoms with Crippen molar-refractivity contribution in [2.75, 3.05) is 18.4 Å². The molecule has 0 spiro atoms. The first-order valence-electron chi connectivity index (χ1n) is 9.19. The summed E-state index contributed by atoms with van der Waals surface area (Å²) in [7, 11) is 0. The summed E-state index contributed by atoms with van der Waals surface area (Å²) in [5, 5.41) is 2.87. The molecular weight excluding hydrogens is 236 g/mol. The van der Waals surface area contributed by atoms with E-state index >= 15 is 0 Å². The highest BCUT2D eigenvalue weighted by molar-refractivity contribution is 5.96. The van der Waals surface area contributed by atoms with Crippen LogP contribution in [0.4, 0.5) is 5.69 Å². The lowest BCUT2D eigenvalue weighted by atomic mass is 10.0. The molecule has 1 aliphatic rings. The number of para-hydroxylation sites is 1. The SMILES string of the molecule is [2H]C([2H])([2H])C([2H])([2H])N1CCCC[C@H]1C(=O)Nc1c(C)cccc1C. The molecule has 19 heavy (non-hydrogen) atoms. The van der Waals surface area contributed by atoms with Crippen molar-refractivity contribution in [3.05, 3.63) is 29.3 Å². The van der Waals surface area contributed by atoms with Crippen molar-refractivity contribution in [1.82, 2.24) is 4.90 Å². The van der Waals surface area contributed by atoms with Gasteiger partial charge in [-0.25, -0.2) is 0 Å². The number of nitrogens with one attached hydrogen (secondary N) is 1. The van der Waals surface area contributed by atoms with Crippen molar-refractivity contribution in [3.63, 3.8) is 0 Å². The number of carbonyl (C=O) groups excluding carboxylic acids is 1. The van der Waals surface area contributed by atoms with Gasteiger partial charge in [0.15, 0.2) is 0 Å². The molecule has 0 saturated carbocycles. The van der Waals surface area contributed by atoms with Gasteiger partial charge in [-0.3, -0.25) is 9.69 Å². The van der Waals surface area contributed by atoms with Crippen molar-refractivity contribution in [2.24, 2.45) is 0 Å². The Balaban J connectivity index is 2.26. The Bertz CT molecular complexity index is 595. The molecule has 1 atom stereocenters. The van der Waals surface area contributed by atoms with Crippen LogP contribution >= 0.6 is 0 Å². The average Bonchev–Trinajstić information content (AvgIpc) is 2.50. The number of likely N-dealkylation sites (tertiary alicyclic amines) is 1. The van der Waals surface area contributed by atoms with Crippen molar-refractivity contribution < 1.29 is 11.6 Å². The van der Waals surface area contributed by atoms with Gasteiger partial charge in [0.2, 0.25) is 5.91 Å². The number of piperidine rings is 1. The fourth-order valence-electron chi connectivity index (χ4n) is 2.56. The van der Waals surface area contributed by atoms with Crippen LogP contribution in [0.25, 0.3) is 0 Å². The van der Waals surface area contributed by atoms with Crippen LogP contribution in [0.5, 0.6) is 0 Å². The minimum absolute atomic E-state index is 0.260. The number of hydrogen-bond acceptors (Lipinski definition) is 2. The Hall–Kier alpha value is -1.35. The Morgan fingerprint density at radius 2 is 2.21 bits per heavy atom. The van der Waals surface area contributed by atoms with Gasteiger partial charge in [-0.2, -0.15) is 0 Å². The topological polar surface area (TPSA) is 32.3 Å². The Morgan fingerprint density at radius 3 is 2.89 bits per heavy atom. The smallest absolute Gasteiger partial charge is 0.241 e.